The molecule has 0 radical (unpaired) electrons. The van der Waals surface area contributed by atoms with E-state index in [1.165, 1.54) is 28.6 Å². The Bertz CT molecular complexity index is 1330. The topological polar surface area (TPSA) is 51.3 Å². The minimum atomic E-state index is -0.531. The smallest absolute Gasteiger partial charge is 0.259 e. The number of fused-ring (bicyclic) bond motifs is 1. The molecule has 0 saturated carbocycles. The number of para-hydroxylation sites is 1. The molecule has 1 aliphatic heterocycles. The number of hydrogen-bond donors (Lipinski definition) is 0. The number of carbonyl (C=O) groups is 1. The maximum atomic E-state index is 14.6. The Labute approximate surface area is 203 Å². The highest BCUT2D eigenvalue weighted by Crippen LogP contribution is 2.37. The Morgan fingerprint density at radius 1 is 1.18 bits per heavy atom. The molecule has 4 aromatic rings. The van der Waals surface area contributed by atoms with Gasteiger partial charge in [-0.1, -0.05) is 47.9 Å². The average molecular weight is 480 g/mol. The van der Waals surface area contributed by atoms with Gasteiger partial charge in [-0.3, -0.25) is 4.79 Å². The van der Waals surface area contributed by atoms with E-state index in [0.717, 1.165) is 25.8 Å². The molecule has 7 heteroatoms. The minimum absolute atomic E-state index is 0.1000. The number of carbonyl (C=O) groups excluding carboxylic acids is 1. The Kier molecular flexibility index (Phi) is 6.17. The van der Waals surface area contributed by atoms with E-state index in [2.05, 4.69) is 47.1 Å². The summed E-state index contributed by atoms with van der Waals surface area (Å²) in [7, 11) is 0. The van der Waals surface area contributed by atoms with Crippen molar-refractivity contribution in [3.05, 3.63) is 76.4 Å². The monoisotopic (exact) mass is 479 g/mol. The van der Waals surface area contributed by atoms with Crippen LogP contribution in [0.5, 0.6) is 0 Å². The molecule has 0 N–H and O–H groups in total. The van der Waals surface area contributed by atoms with Crippen LogP contribution in [-0.4, -0.2) is 33.6 Å². The predicted molar refractivity (Wildman–Crippen MR) is 132 cm³/mol. The van der Waals surface area contributed by atoms with E-state index in [4.69, 9.17) is 16.1 Å². The van der Waals surface area contributed by atoms with Crippen LogP contribution in [0.2, 0.25) is 5.02 Å². The minimum Gasteiger partial charge on any atom is -0.360 e. The molecule has 1 aliphatic rings. The van der Waals surface area contributed by atoms with Crippen molar-refractivity contribution in [3.63, 3.8) is 0 Å². The third-order valence-corrected chi connectivity index (χ3v) is 7.10. The van der Waals surface area contributed by atoms with Crippen molar-refractivity contribution in [1.29, 1.82) is 0 Å². The van der Waals surface area contributed by atoms with Crippen LogP contribution in [0.25, 0.3) is 22.2 Å². The summed E-state index contributed by atoms with van der Waals surface area (Å²) < 4.78 is 22.2. The first-order chi connectivity index (χ1) is 16.5. The van der Waals surface area contributed by atoms with Crippen molar-refractivity contribution in [2.45, 2.75) is 45.6 Å². The summed E-state index contributed by atoms with van der Waals surface area (Å²) in [5, 5.41) is 5.49. The maximum Gasteiger partial charge on any atom is 0.259 e. The zero-order valence-corrected chi connectivity index (χ0v) is 20.1. The SMILES string of the molecule is CCCn1cc(C2CCN(C(=O)c3c(-c4c(F)cccc4Cl)noc3C)CC2)c2ccccc21. The number of hydrogen-bond acceptors (Lipinski definition) is 3. The van der Waals surface area contributed by atoms with E-state index >= 15 is 0 Å². The molecule has 1 saturated heterocycles. The van der Waals surface area contributed by atoms with Crippen LogP contribution in [0.1, 0.15) is 53.8 Å². The summed E-state index contributed by atoms with van der Waals surface area (Å²) in [6.07, 6.45) is 5.11. The number of likely N-dealkylation sites (tertiary alicyclic amines) is 1. The van der Waals surface area contributed by atoms with Crippen LogP contribution in [0.15, 0.2) is 53.2 Å². The first-order valence-electron chi connectivity index (χ1n) is 11.8. The fraction of sp³-hybridized carbons (Fsp3) is 0.333. The summed E-state index contributed by atoms with van der Waals surface area (Å²) >= 11 is 6.25. The summed E-state index contributed by atoms with van der Waals surface area (Å²) in [5.41, 5.74) is 3.17. The van der Waals surface area contributed by atoms with Crippen LogP contribution in [0, 0.1) is 12.7 Å². The molecule has 1 amide bonds. The Morgan fingerprint density at radius 2 is 1.94 bits per heavy atom. The third kappa shape index (κ3) is 3.90. The van der Waals surface area contributed by atoms with Gasteiger partial charge in [-0.25, -0.2) is 4.39 Å². The van der Waals surface area contributed by atoms with E-state index in [-0.39, 0.29) is 27.8 Å². The molecular weight excluding hydrogens is 453 g/mol. The van der Waals surface area contributed by atoms with Crippen molar-refractivity contribution < 1.29 is 13.7 Å². The third-order valence-electron chi connectivity index (χ3n) is 6.78. The van der Waals surface area contributed by atoms with Gasteiger partial charge in [0.1, 0.15) is 22.8 Å². The molecule has 5 nitrogen and oxygen atoms in total. The van der Waals surface area contributed by atoms with Crippen molar-refractivity contribution in [2.24, 2.45) is 0 Å². The van der Waals surface area contributed by atoms with Gasteiger partial charge in [0, 0.05) is 36.7 Å². The van der Waals surface area contributed by atoms with Crippen molar-refractivity contribution in [1.82, 2.24) is 14.6 Å². The first kappa shape index (κ1) is 22.7. The normalized spacial score (nSPS) is 14.8. The number of piperidine rings is 1. The molecule has 2 aromatic heterocycles. The van der Waals surface area contributed by atoms with Gasteiger partial charge in [0.2, 0.25) is 0 Å². The fourth-order valence-electron chi connectivity index (χ4n) is 5.10. The van der Waals surface area contributed by atoms with Gasteiger partial charge in [0.25, 0.3) is 5.91 Å². The van der Waals surface area contributed by atoms with Gasteiger partial charge in [0.15, 0.2) is 0 Å². The zero-order chi connectivity index (χ0) is 23.8. The summed E-state index contributed by atoms with van der Waals surface area (Å²) in [5.74, 6) is 0.0251. The van der Waals surface area contributed by atoms with E-state index in [0.29, 0.717) is 24.8 Å². The highest BCUT2D eigenvalue weighted by atomic mass is 35.5. The highest BCUT2D eigenvalue weighted by Gasteiger charge is 2.32. The molecule has 0 unspecified atom stereocenters. The fourth-order valence-corrected chi connectivity index (χ4v) is 5.35. The predicted octanol–water partition coefficient (Wildman–Crippen LogP) is 6.83. The lowest BCUT2D eigenvalue weighted by molar-refractivity contribution is 0.0712. The maximum absolute atomic E-state index is 14.6. The number of benzene rings is 2. The van der Waals surface area contributed by atoms with E-state index in [1.807, 2.05) is 4.90 Å². The number of rotatable bonds is 5. The Morgan fingerprint density at radius 3 is 2.68 bits per heavy atom. The molecule has 5 rings (SSSR count). The van der Waals surface area contributed by atoms with Crippen LogP contribution in [0.4, 0.5) is 4.39 Å². The summed E-state index contributed by atoms with van der Waals surface area (Å²) in [6, 6.07) is 13.0. The standard InChI is InChI=1S/C27H27ClFN3O2/c1-3-13-32-16-20(19-7-4-5-10-23(19)32)18-11-14-31(15-12-18)27(33)24-17(2)34-30-26(24)25-21(28)8-6-9-22(25)29/h4-10,16,18H,3,11-15H2,1-2H3. The largest absolute Gasteiger partial charge is 0.360 e. The Balaban J connectivity index is 1.39. The number of aryl methyl sites for hydroxylation is 2. The van der Waals surface area contributed by atoms with Crippen molar-refractivity contribution >= 4 is 28.4 Å². The molecule has 0 spiro atoms. The van der Waals surface area contributed by atoms with Gasteiger partial charge in [0.05, 0.1) is 10.6 Å². The lowest BCUT2D eigenvalue weighted by atomic mass is 9.89. The molecule has 1 fully saturated rings. The molecule has 0 atom stereocenters. The van der Waals surface area contributed by atoms with Crippen molar-refractivity contribution in [2.75, 3.05) is 13.1 Å². The van der Waals surface area contributed by atoms with Crippen LogP contribution < -0.4 is 0 Å². The average Bonchev–Trinajstić information content (AvgIpc) is 3.40. The molecular formula is C27H27ClFN3O2. The lowest BCUT2D eigenvalue weighted by Gasteiger charge is -2.32. The number of aromatic nitrogens is 2. The van der Waals surface area contributed by atoms with Gasteiger partial charge < -0.3 is 14.0 Å². The van der Waals surface area contributed by atoms with Crippen LogP contribution in [0.3, 0.4) is 0 Å². The number of nitrogens with zero attached hydrogens (tertiary/aromatic N) is 3. The molecule has 0 aliphatic carbocycles. The number of amides is 1. The van der Waals surface area contributed by atoms with E-state index in [9.17, 15) is 9.18 Å². The molecule has 0 bridgehead atoms. The van der Waals surface area contributed by atoms with Gasteiger partial charge in [-0.2, -0.15) is 0 Å². The van der Waals surface area contributed by atoms with Gasteiger partial charge >= 0.3 is 0 Å². The highest BCUT2D eigenvalue weighted by molar-refractivity contribution is 6.33. The van der Waals surface area contributed by atoms with E-state index < -0.39 is 5.82 Å². The summed E-state index contributed by atoms with van der Waals surface area (Å²) in [6.45, 7) is 6.09. The zero-order valence-electron chi connectivity index (χ0n) is 19.4. The first-order valence-corrected chi connectivity index (χ1v) is 12.1. The molecule has 3 heterocycles. The second-order valence-electron chi connectivity index (χ2n) is 8.92. The van der Waals surface area contributed by atoms with Gasteiger partial charge in [-0.05, 0) is 55.9 Å². The number of halogens is 2. The quantitative estimate of drug-likeness (QED) is 0.315. The van der Waals surface area contributed by atoms with Crippen molar-refractivity contribution in [3.8, 4) is 11.3 Å². The second kappa shape index (κ2) is 9.26. The molecule has 2 aromatic carbocycles. The van der Waals surface area contributed by atoms with E-state index in [1.54, 1.807) is 13.0 Å². The Hall–Kier alpha value is -3.12. The lowest BCUT2D eigenvalue weighted by Crippen LogP contribution is -2.38. The van der Waals surface area contributed by atoms with Gasteiger partial charge in [-0.15, -0.1) is 0 Å². The molecule has 34 heavy (non-hydrogen) atoms. The van der Waals surface area contributed by atoms with Crippen LogP contribution in [-0.2, 0) is 6.54 Å². The van der Waals surface area contributed by atoms with Crippen LogP contribution >= 0.6 is 11.6 Å². The molecule has 176 valence electrons. The summed E-state index contributed by atoms with van der Waals surface area (Å²) in [4.78, 5) is 15.3. The second-order valence-corrected chi connectivity index (χ2v) is 9.33.